The Hall–Kier alpha value is -3.91. The molecule has 1 aliphatic heterocycles. The van der Waals surface area contributed by atoms with Crippen molar-refractivity contribution in [2.24, 2.45) is 0 Å². The number of aromatic amines is 1. The summed E-state index contributed by atoms with van der Waals surface area (Å²) < 4.78 is 44.7. The van der Waals surface area contributed by atoms with E-state index in [1.807, 2.05) is 78.9 Å². The minimum absolute atomic E-state index is 0.00338. The van der Waals surface area contributed by atoms with Gasteiger partial charge in [0.15, 0.2) is 0 Å². The molecule has 2 heterocycles. The summed E-state index contributed by atoms with van der Waals surface area (Å²) >= 11 is 0. The van der Waals surface area contributed by atoms with E-state index in [4.69, 9.17) is 32.5 Å². The van der Waals surface area contributed by atoms with Crippen LogP contribution < -0.4 is 20.7 Å². The molecule has 13 nitrogen and oxygen atoms in total. The molecule has 3 N–H and O–H groups in total. The molecule has 0 amide bonds. The molecule has 1 aliphatic rings. The SMILES string of the molecule is COc1ccc(C(OC[C@H]2O[C@@H](n3cc(C)c(=O)[nH]c3=O)C[C@@H]2OP(OCCCCO)OCCCCO)(c2ccccc2)c2ccc(OC)cc2)cc1. The second-order valence-corrected chi connectivity index (χ2v) is 13.7. The molecule has 1 aromatic heterocycles. The van der Waals surface area contributed by atoms with Crippen LogP contribution >= 0.6 is 8.60 Å². The van der Waals surface area contributed by atoms with Gasteiger partial charge in [0.05, 0.1) is 40.1 Å². The number of hydrogen-bond donors (Lipinski definition) is 3. The highest BCUT2D eigenvalue weighted by atomic mass is 31.2. The molecule has 0 unspecified atom stereocenters. The number of benzene rings is 3. The van der Waals surface area contributed by atoms with E-state index in [2.05, 4.69) is 4.98 Å². The second-order valence-electron chi connectivity index (χ2n) is 12.6. The van der Waals surface area contributed by atoms with Gasteiger partial charge in [-0.25, -0.2) is 4.79 Å². The van der Waals surface area contributed by atoms with Gasteiger partial charge in [0.25, 0.3) is 5.56 Å². The zero-order valence-corrected chi connectivity index (χ0v) is 31.2. The highest BCUT2D eigenvalue weighted by molar-refractivity contribution is 7.41. The Morgan fingerprint density at radius 2 is 1.36 bits per heavy atom. The van der Waals surface area contributed by atoms with Crippen LogP contribution in [-0.4, -0.2) is 79.2 Å². The molecule has 0 saturated carbocycles. The second kappa shape index (κ2) is 20.0. The zero-order valence-electron chi connectivity index (χ0n) is 30.3. The number of methoxy groups -OCH3 is 2. The van der Waals surface area contributed by atoms with Crippen molar-refractivity contribution in [1.82, 2.24) is 9.55 Å². The lowest BCUT2D eigenvalue weighted by atomic mass is 9.80. The van der Waals surface area contributed by atoms with E-state index >= 15 is 0 Å². The van der Waals surface area contributed by atoms with Crippen molar-refractivity contribution in [1.29, 1.82) is 0 Å². The summed E-state index contributed by atoms with van der Waals surface area (Å²) in [7, 11) is 1.34. The molecule has 0 bridgehead atoms. The Balaban J connectivity index is 1.53. The Morgan fingerprint density at radius 1 is 0.811 bits per heavy atom. The number of aromatic nitrogens is 2. The number of aliphatic hydroxyl groups is 2. The molecule has 0 spiro atoms. The largest absolute Gasteiger partial charge is 0.497 e. The number of nitrogens with zero attached hydrogens (tertiary/aromatic N) is 1. The van der Waals surface area contributed by atoms with Crippen LogP contribution in [0.2, 0.25) is 0 Å². The summed E-state index contributed by atoms with van der Waals surface area (Å²) in [6, 6.07) is 25.2. The number of aryl methyl sites for hydroxylation is 1. The number of unbranched alkanes of at least 4 members (excludes halogenated alkanes) is 2. The van der Waals surface area contributed by atoms with Crippen molar-refractivity contribution in [3.63, 3.8) is 0 Å². The highest BCUT2D eigenvalue weighted by Crippen LogP contribution is 2.47. The predicted octanol–water partition coefficient (Wildman–Crippen LogP) is 5.35. The summed E-state index contributed by atoms with van der Waals surface area (Å²) in [6.45, 7) is 2.30. The van der Waals surface area contributed by atoms with E-state index in [1.165, 1.54) is 10.8 Å². The Morgan fingerprint density at radius 3 is 1.89 bits per heavy atom. The van der Waals surface area contributed by atoms with Crippen molar-refractivity contribution >= 4 is 8.60 Å². The monoisotopic (exact) mass is 752 g/mol. The smallest absolute Gasteiger partial charge is 0.333 e. The number of nitrogens with one attached hydrogen (secondary N) is 1. The van der Waals surface area contributed by atoms with E-state index in [0.29, 0.717) is 56.0 Å². The van der Waals surface area contributed by atoms with Crippen LogP contribution in [0.4, 0.5) is 0 Å². The van der Waals surface area contributed by atoms with Crippen LogP contribution in [0.25, 0.3) is 0 Å². The summed E-state index contributed by atoms with van der Waals surface area (Å²) in [5, 5.41) is 18.6. The molecule has 0 aliphatic carbocycles. The number of aliphatic hydroxyl groups excluding tert-OH is 2. The van der Waals surface area contributed by atoms with Gasteiger partial charge in [-0.3, -0.25) is 14.3 Å². The maximum atomic E-state index is 13.0. The third-order valence-electron chi connectivity index (χ3n) is 8.99. The average Bonchev–Trinajstić information content (AvgIpc) is 3.59. The first-order chi connectivity index (χ1) is 25.8. The number of rotatable bonds is 21. The molecule has 1 fully saturated rings. The Bertz CT molecular complexity index is 1740. The van der Waals surface area contributed by atoms with Gasteiger partial charge in [0, 0.05) is 31.4 Å². The quantitative estimate of drug-likeness (QED) is 0.0572. The lowest BCUT2D eigenvalue weighted by molar-refractivity contribution is -0.0931. The minimum Gasteiger partial charge on any atom is -0.497 e. The van der Waals surface area contributed by atoms with Crippen LogP contribution in [0.3, 0.4) is 0 Å². The van der Waals surface area contributed by atoms with Crippen LogP contribution in [0.5, 0.6) is 11.5 Å². The van der Waals surface area contributed by atoms with Gasteiger partial charge in [0.1, 0.15) is 29.4 Å². The van der Waals surface area contributed by atoms with Crippen molar-refractivity contribution in [3.05, 3.63) is 128 Å². The van der Waals surface area contributed by atoms with Crippen LogP contribution in [-0.2, 0) is 28.6 Å². The summed E-state index contributed by atoms with van der Waals surface area (Å²) in [6.07, 6.45) is 1.83. The maximum Gasteiger partial charge on any atom is 0.333 e. The van der Waals surface area contributed by atoms with Gasteiger partial charge < -0.3 is 42.7 Å². The lowest BCUT2D eigenvalue weighted by Gasteiger charge is -2.37. The molecule has 0 radical (unpaired) electrons. The predicted molar refractivity (Wildman–Crippen MR) is 199 cm³/mol. The number of hydrogen-bond acceptors (Lipinski definition) is 11. The fourth-order valence-electron chi connectivity index (χ4n) is 6.13. The van der Waals surface area contributed by atoms with Crippen molar-refractivity contribution in [2.75, 3.05) is 47.3 Å². The van der Waals surface area contributed by atoms with E-state index in [1.54, 1.807) is 21.1 Å². The molecule has 3 aromatic carbocycles. The van der Waals surface area contributed by atoms with Gasteiger partial charge in [-0.1, -0.05) is 54.6 Å². The van der Waals surface area contributed by atoms with E-state index in [9.17, 15) is 19.8 Å². The fourth-order valence-corrected chi connectivity index (χ4v) is 7.32. The maximum absolute atomic E-state index is 13.0. The fraction of sp³-hybridized carbons (Fsp3) is 0.436. The van der Waals surface area contributed by atoms with E-state index in [0.717, 1.165) is 16.7 Å². The van der Waals surface area contributed by atoms with Gasteiger partial charge >= 0.3 is 14.3 Å². The molecule has 286 valence electrons. The van der Waals surface area contributed by atoms with Crippen molar-refractivity contribution in [2.45, 2.75) is 63.1 Å². The molecular weight excluding hydrogens is 703 g/mol. The highest BCUT2D eigenvalue weighted by Gasteiger charge is 2.44. The van der Waals surface area contributed by atoms with E-state index < -0.39 is 43.9 Å². The zero-order chi connectivity index (χ0) is 37.6. The Labute approximate surface area is 310 Å². The van der Waals surface area contributed by atoms with Gasteiger partial charge in [-0.15, -0.1) is 0 Å². The molecule has 3 atom stereocenters. The Kier molecular flexibility index (Phi) is 15.2. The van der Waals surface area contributed by atoms with Crippen LogP contribution in [0.1, 0.15) is 60.6 Å². The third-order valence-corrected chi connectivity index (χ3v) is 10.2. The standard InChI is InChI=1S/C39H49N2O11P/c1-28-26-41(38(45)40-37(28)44)36-25-34(52-53(49-23-9-7-21-42)50-24-10-8-22-43)35(51-36)27-48-39(29-11-5-4-6-12-29,30-13-17-32(46-2)18-14-30)31-15-19-33(47-3)20-16-31/h4-6,11-20,26,34-36,42-43H,7-10,21-25,27H2,1-3H3,(H,40,44,45)/t34-,35+,36+/m0/s1. The number of ether oxygens (including phenoxy) is 4. The summed E-state index contributed by atoms with van der Waals surface area (Å²) in [4.78, 5) is 27.7. The van der Waals surface area contributed by atoms with Gasteiger partial charge in [-0.2, -0.15) is 0 Å². The first-order valence-corrected chi connectivity index (χ1v) is 18.8. The van der Waals surface area contributed by atoms with Crippen LogP contribution in [0.15, 0.2) is 94.6 Å². The number of H-pyrrole nitrogens is 1. The molecule has 1 saturated heterocycles. The normalized spacial score (nSPS) is 17.4. The third kappa shape index (κ3) is 10.2. The lowest BCUT2D eigenvalue weighted by Crippen LogP contribution is -2.38. The molecule has 5 rings (SSSR count). The van der Waals surface area contributed by atoms with Crippen LogP contribution in [0, 0.1) is 6.92 Å². The molecular formula is C39H49N2O11P. The first kappa shape index (κ1) is 40.3. The first-order valence-electron chi connectivity index (χ1n) is 17.7. The minimum atomic E-state index is -1.89. The van der Waals surface area contributed by atoms with Gasteiger partial charge in [0.2, 0.25) is 0 Å². The molecule has 4 aromatic rings. The topological polar surface area (TPSA) is 160 Å². The van der Waals surface area contributed by atoms with E-state index in [-0.39, 0.29) is 26.2 Å². The summed E-state index contributed by atoms with van der Waals surface area (Å²) in [5.41, 5.74) is 0.643. The van der Waals surface area contributed by atoms with Crippen molar-refractivity contribution < 1.29 is 42.7 Å². The van der Waals surface area contributed by atoms with Crippen molar-refractivity contribution in [3.8, 4) is 11.5 Å². The molecule has 53 heavy (non-hydrogen) atoms. The molecule has 14 heteroatoms. The average molecular weight is 753 g/mol. The summed E-state index contributed by atoms with van der Waals surface area (Å²) in [5.74, 6) is 1.38. The van der Waals surface area contributed by atoms with Gasteiger partial charge in [-0.05, 0) is 73.6 Å².